The van der Waals surface area contributed by atoms with Gasteiger partial charge >= 0.3 is 0 Å². The van der Waals surface area contributed by atoms with E-state index in [2.05, 4.69) is 67.2 Å². The van der Waals surface area contributed by atoms with Crippen molar-refractivity contribution >= 4 is 30.8 Å². The number of hydrogen-bond donors (Lipinski definition) is 0. The summed E-state index contributed by atoms with van der Waals surface area (Å²) in [6.45, 7) is 10.9. The largest absolute Gasteiger partial charge is 0.377 e. The molecule has 0 amide bonds. The molecule has 0 spiro atoms. The van der Waals surface area contributed by atoms with Crippen molar-refractivity contribution in [2.45, 2.75) is 32.0 Å². The van der Waals surface area contributed by atoms with Gasteiger partial charge in [0.1, 0.15) is 0 Å². The van der Waals surface area contributed by atoms with Gasteiger partial charge in [0.2, 0.25) is 0 Å². The Hall–Kier alpha value is -0.383. The fourth-order valence-corrected chi connectivity index (χ4v) is 2.03. The summed E-state index contributed by atoms with van der Waals surface area (Å²) in [5.41, 5.74) is 1.21. The first kappa shape index (κ1) is 15.7. The van der Waals surface area contributed by atoms with Crippen molar-refractivity contribution in [3.8, 4) is 0 Å². The molecule has 0 aliphatic rings. The highest BCUT2D eigenvalue weighted by atomic mass is 79.9. The minimum atomic E-state index is -0.651. The van der Waals surface area contributed by atoms with Crippen LogP contribution in [0.5, 0.6) is 0 Å². The Bertz CT molecular complexity index is 382. The van der Waals surface area contributed by atoms with Crippen LogP contribution in [0.4, 0.5) is 0 Å². The van der Waals surface area contributed by atoms with Gasteiger partial charge in [0.25, 0.3) is 0 Å². The first-order valence-corrected chi connectivity index (χ1v) is 10.1. The predicted molar refractivity (Wildman–Crippen MR) is 86.9 cm³/mol. The van der Waals surface area contributed by atoms with Crippen LogP contribution >= 0.6 is 15.9 Å². The molecule has 100 valence electrons. The molecule has 0 aromatic heterocycles. The van der Waals surface area contributed by atoms with Crippen molar-refractivity contribution in [2.24, 2.45) is 0 Å². The average molecular weight is 327 g/mol. The van der Waals surface area contributed by atoms with Gasteiger partial charge in [-0.05, 0) is 22.7 Å². The number of hydrogen-bond acceptors (Lipinski definition) is 1. The lowest BCUT2D eigenvalue weighted by Crippen LogP contribution is -2.26. The molecule has 18 heavy (non-hydrogen) atoms. The molecule has 0 bridgehead atoms. The van der Waals surface area contributed by atoms with Crippen molar-refractivity contribution in [3.05, 3.63) is 40.4 Å². The fourth-order valence-electron chi connectivity index (χ4n) is 1.31. The summed E-state index contributed by atoms with van der Waals surface area (Å²) in [4.78, 5) is 0. The van der Waals surface area contributed by atoms with Gasteiger partial charge in [-0.25, -0.2) is 0 Å². The SMILES string of the molecule is C[SiH](C)C(C)(C)COC/C=C/c1ccc(Br)cc1. The Kier molecular flexibility index (Phi) is 6.33. The minimum Gasteiger partial charge on any atom is -0.377 e. The van der Waals surface area contributed by atoms with Crippen LogP contribution in [0.2, 0.25) is 18.1 Å². The van der Waals surface area contributed by atoms with Gasteiger partial charge in [0.15, 0.2) is 0 Å². The van der Waals surface area contributed by atoms with E-state index in [1.807, 2.05) is 12.1 Å². The Labute approximate surface area is 121 Å². The standard InChI is InChI=1S/C15H23BrOSi/c1-15(2,18(3)4)12-17-11-5-6-13-7-9-14(16)10-8-13/h5-10,18H,11-12H2,1-4H3/b6-5+. The van der Waals surface area contributed by atoms with Gasteiger partial charge < -0.3 is 4.74 Å². The predicted octanol–water partition coefficient (Wildman–Crippen LogP) is 4.75. The third-order valence-electron chi connectivity index (χ3n) is 3.43. The molecule has 1 aromatic carbocycles. The maximum Gasteiger partial charge on any atom is 0.0650 e. The number of halogens is 1. The maximum absolute atomic E-state index is 5.74. The highest BCUT2D eigenvalue weighted by Gasteiger charge is 2.23. The summed E-state index contributed by atoms with van der Waals surface area (Å²) in [5, 5.41) is 0.380. The molecule has 3 heteroatoms. The van der Waals surface area contributed by atoms with Crippen molar-refractivity contribution in [1.29, 1.82) is 0 Å². The second-order valence-corrected chi connectivity index (χ2v) is 10.4. The summed E-state index contributed by atoms with van der Waals surface area (Å²) in [7, 11) is -0.651. The van der Waals surface area contributed by atoms with Crippen molar-refractivity contribution in [3.63, 3.8) is 0 Å². The third-order valence-corrected chi connectivity index (χ3v) is 7.25. The van der Waals surface area contributed by atoms with E-state index in [0.717, 1.165) is 11.1 Å². The van der Waals surface area contributed by atoms with Gasteiger partial charge in [-0.3, -0.25) is 0 Å². The van der Waals surface area contributed by atoms with E-state index in [1.54, 1.807) is 0 Å². The molecule has 0 saturated carbocycles. The van der Waals surface area contributed by atoms with Crippen molar-refractivity contribution in [1.82, 2.24) is 0 Å². The lowest BCUT2D eigenvalue weighted by atomic mass is 10.2. The van der Waals surface area contributed by atoms with Gasteiger partial charge in [-0.2, -0.15) is 0 Å². The topological polar surface area (TPSA) is 9.23 Å². The van der Waals surface area contributed by atoms with E-state index < -0.39 is 8.80 Å². The Balaban J connectivity index is 2.32. The zero-order chi connectivity index (χ0) is 13.6. The lowest BCUT2D eigenvalue weighted by Gasteiger charge is -2.27. The molecule has 1 nitrogen and oxygen atoms in total. The molecule has 0 N–H and O–H groups in total. The minimum absolute atomic E-state index is 0.380. The monoisotopic (exact) mass is 326 g/mol. The van der Waals surface area contributed by atoms with Gasteiger partial charge in [-0.1, -0.05) is 67.2 Å². The molecule has 0 aliphatic carbocycles. The molecule has 0 fully saturated rings. The summed E-state index contributed by atoms with van der Waals surface area (Å²) in [5.74, 6) is 0. The van der Waals surface area contributed by atoms with E-state index in [0.29, 0.717) is 11.6 Å². The Morgan fingerprint density at radius 2 is 1.83 bits per heavy atom. The number of benzene rings is 1. The Morgan fingerprint density at radius 3 is 2.39 bits per heavy atom. The first-order valence-electron chi connectivity index (χ1n) is 6.41. The third kappa shape index (κ3) is 5.51. The van der Waals surface area contributed by atoms with E-state index in [1.165, 1.54) is 5.56 Å². The van der Waals surface area contributed by atoms with E-state index in [-0.39, 0.29) is 0 Å². The van der Waals surface area contributed by atoms with Crippen LogP contribution in [-0.4, -0.2) is 22.0 Å². The zero-order valence-electron chi connectivity index (χ0n) is 11.7. The van der Waals surface area contributed by atoms with Gasteiger partial charge in [0, 0.05) is 19.9 Å². The molecule has 1 rings (SSSR count). The molecule has 0 aliphatic heterocycles. The summed E-state index contributed by atoms with van der Waals surface area (Å²) >= 11 is 3.43. The number of rotatable bonds is 6. The molecule has 0 atom stereocenters. The molecular weight excluding hydrogens is 304 g/mol. The highest BCUT2D eigenvalue weighted by Crippen LogP contribution is 2.28. The quantitative estimate of drug-likeness (QED) is 0.541. The summed E-state index contributed by atoms with van der Waals surface area (Å²) in [6, 6.07) is 8.28. The van der Waals surface area contributed by atoms with Crippen LogP contribution in [0.15, 0.2) is 34.8 Å². The average Bonchev–Trinajstić information content (AvgIpc) is 2.31. The van der Waals surface area contributed by atoms with Crippen LogP contribution < -0.4 is 0 Å². The van der Waals surface area contributed by atoms with Crippen LogP contribution in [0.25, 0.3) is 6.08 Å². The van der Waals surface area contributed by atoms with Gasteiger partial charge in [-0.15, -0.1) is 0 Å². The lowest BCUT2D eigenvalue weighted by molar-refractivity contribution is 0.139. The Morgan fingerprint density at radius 1 is 1.22 bits per heavy atom. The van der Waals surface area contributed by atoms with E-state index >= 15 is 0 Å². The molecule has 0 heterocycles. The second kappa shape index (κ2) is 7.27. The molecule has 0 radical (unpaired) electrons. The second-order valence-electron chi connectivity index (χ2n) is 5.61. The van der Waals surface area contributed by atoms with Crippen molar-refractivity contribution < 1.29 is 4.74 Å². The van der Waals surface area contributed by atoms with E-state index in [4.69, 9.17) is 4.74 Å². The maximum atomic E-state index is 5.74. The summed E-state index contributed by atoms with van der Waals surface area (Å²) < 4.78 is 6.85. The van der Waals surface area contributed by atoms with Crippen LogP contribution in [0.3, 0.4) is 0 Å². The smallest absolute Gasteiger partial charge is 0.0650 e. The summed E-state index contributed by atoms with van der Waals surface area (Å²) in [6.07, 6.45) is 4.19. The van der Waals surface area contributed by atoms with Crippen LogP contribution in [0.1, 0.15) is 19.4 Å². The molecular formula is C15H23BrOSi. The van der Waals surface area contributed by atoms with E-state index in [9.17, 15) is 0 Å². The van der Waals surface area contributed by atoms with Crippen LogP contribution in [0, 0.1) is 0 Å². The fraction of sp³-hybridized carbons (Fsp3) is 0.467. The normalized spacial score (nSPS) is 12.6. The molecule has 0 unspecified atom stereocenters. The highest BCUT2D eigenvalue weighted by molar-refractivity contribution is 9.10. The van der Waals surface area contributed by atoms with Gasteiger partial charge in [0.05, 0.1) is 6.61 Å². The zero-order valence-corrected chi connectivity index (χ0v) is 14.5. The molecule has 0 saturated heterocycles. The molecule has 1 aromatic rings. The number of ether oxygens (including phenoxy) is 1. The van der Waals surface area contributed by atoms with Crippen LogP contribution in [-0.2, 0) is 4.74 Å². The first-order chi connectivity index (χ1) is 8.42. The van der Waals surface area contributed by atoms with Crippen molar-refractivity contribution in [2.75, 3.05) is 13.2 Å².